The van der Waals surface area contributed by atoms with Crippen molar-refractivity contribution in [2.75, 3.05) is 26.3 Å². The molecule has 6 rings (SSSR count). The van der Waals surface area contributed by atoms with Crippen molar-refractivity contribution >= 4 is 23.1 Å². The highest BCUT2D eigenvalue weighted by atomic mass is 16.6. The van der Waals surface area contributed by atoms with Gasteiger partial charge in [0.2, 0.25) is 5.91 Å². The summed E-state index contributed by atoms with van der Waals surface area (Å²) in [5.41, 5.74) is 4.41. The molecule has 1 spiro atoms. The van der Waals surface area contributed by atoms with Crippen LogP contribution in [0.25, 0.3) is 22.2 Å². The Hall–Kier alpha value is -4.88. The molecular weight excluding hydrogens is 536 g/mol. The Labute approximate surface area is 242 Å². The van der Waals surface area contributed by atoms with E-state index in [-0.39, 0.29) is 19.1 Å². The van der Waals surface area contributed by atoms with Gasteiger partial charge in [-0.15, -0.1) is 0 Å². The summed E-state index contributed by atoms with van der Waals surface area (Å²) < 4.78 is 17.6. The summed E-state index contributed by atoms with van der Waals surface area (Å²) in [5.74, 6) is -1.17. The summed E-state index contributed by atoms with van der Waals surface area (Å²) in [6.45, 7) is 1.50. The standard InChI is InChI=1S/C32H30N4O6/c1-35-27-14-24(11-12-28(27)42-30(35)38)23-9-7-21(8-10-23)13-25(15-33)34-29(37)26-16-36(18-32(26)19-40-20-32)31(39)41-17-22-5-3-2-4-6-22/h2-12,14,25-26H,13,16-20H2,1H3,(H,34,37)/t25-,26?/m0/s1. The maximum Gasteiger partial charge on any atom is 0.419 e. The average Bonchev–Trinajstić information content (AvgIpc) is 3.55. The van der Waals surface area contributed by atoms with E-state index in [2.05, 4.69) is 11.4 Å². The van der Waals surface area contributed by atoms with Gasteiger partial charge in [-0.2, -0.15) is 5.26 Å². The number of hydrogen-bond donors (Lipinski definition) is 1. The van der Waals surface area contributed by atoms with Crippen molar-refractivity contribution in [3.05, 3.63) is 94.5 Å². The number of oxazole rings is 1. The van der Waals surface area contributed by atoms with Crippen LogP contribution in [0.5, 0.6) is 0 Å². The van der Waals surface area contributed by atoms with E-state index in [0.29, 0.717) is 37.3 Å². The van der Waals surface area contributed by atoms with Crippen LogP contribution in [0.15, 0.2) is 82.0 Å². The maximum atomic E-state index is 13.4. The molecule has 1 aromatic heterocycles. The minimum atomic E-state index is -0.739. The third-order valence-electron chi connectivity index (χ3n) is 8.20. The van der Waals surface area contributed by atoms with Gasteiger partial charge in [-0.3, -0.25) is 9.36 Å². The Balaban J connectivity index is 1.08. The second kappa shape index (κ2) is 11.2. The molecule has 0 bridgehead atoms. The van der Waals surface area contributed by atoms with E-state index < -0.39 is 29.2 Å². The lowest BCUT2D eigenvalue weighted by Gasteiger charge is -2.41. The molecule has 0 saturated carbocycles. The molecule has 0 aliphatic carbocycles. The second-order valence-electron chi connectivity index (χ2n) is 11.0. The number of nitrogens with one attached hydrogen (secondary N) is 1. The van der Waals surface area contributed by atoms with Gasteiger partial charge in [0.25, 0.3) is 0 Å². The average molecular weight is 567 g/mol. The topological polar surface area (TPSA) is 127 Å². The van der Waals surface area contributed by atoms with Crippen molar-refractivity contribution in [2.45, 2.75) is 19.1 Å². The van der Waals surface area contributed by atoms with Crippen LogP contribution < -0.4 is 11.1 Å². The van der Waals surface area contributed by atoms with Gasteiger partial charge in [0.15, 0.2) is 5.58 Å². The van der Waals surface area contributed by atoms with Crippen LogP contribution in [0.3, 0.4) is 0 Å². The number of carbonyl (C=O) groups excluding carboxylic acids is 2. The summed E-state index contributed by atoms with van der Waals surface area (Å²) in [5, 5.41) is 12.7. The van der Waals surface area contributed by atoms with Gasteiger partial charge >= 0.3 is 11.8 Å². The summed E-state index contributed by atoms with van der Waals surface area (Å²) in [4.78, 5) is 39.6. The van der Waals surface area contributed by atoms with Crippen molar-refractivity contribution in [2.24, 2.45) is 18.4 Å². The van der Waals surface area contributed by atoms with Gasteiger partial charge in [-0.25, -0.2) is 9.59 Å². The lowest BCUT2D eigenvalue weighted by atomic mass is 9.75. The van der Waals surface area contributed by atoms with Gasteiger partial charge in [0.05, 0.1) is 30.7 Å². The molecule has 1 unspecified atom stereocenters. The zero-order valence-electron chi connectivity index (χ0n) is 23.1. The number of carbonyl (C=O) groups is 2. The molecule has 10 heteroatoms. The number of fused-ring (bicyclic) bond motifs is 1. The molecule has 2 fully saturated rings. The van der Waals surface area contributed by atoms with E-state index >= 15 is 0 Å². The lowest BCUT2D eigenvalue weighted by Crippen LogP contribution is -2.54. The Bertz CT molecular complexity index is 1720. The van der Waals surface area contributed by atoms with Crippen molar-refractivity contribution in [1.29, 1.82) is 5.26 Å². The molecule has 4 aromatic rings. The number of ether oxygens (including phenoxy) is 2. The van der Waals surface area contributed by atoms with Gasteiger partial charge in [0, 0.05) is 32.0 Å². The zero-order valence-corrected chi connectivity index (χ0v) is 23.1. The largest absolute Gasteiger partial charge is 0.445 e. The Kier molecular flexibility index (Phi) is 7.27. The fourth-order valence-electron chi connectivity index (χ4n) is 5.71. The summed E-state index contributed by atoms with van der Waals surface area (Å²) in [6, 6.07) is 24.2. The first kappa shape index (κ1) is 27.3. The number of aromatic nitrogens is 1. The quantitative estimate of drug-likeness (QED) is 0.362. The summed E-state index contributed by atoms with van der Waals surface area (Å²) >= 11 is 0. The van der Waals surface area contributed by atoms with Crippen LogP contribution in [-0.2, 0) is 34.3 Å². The Morgan fingerprint density at radius 2 is 1.81 bits per heavy atom. The smallest absolute Gasteiger partial charge is 0.419 e. The predicted molar refractivity (Wildman–Crippen MR) is 153 cm³/mol. The number of benzene rings is 3. The Morgan fingerprint density at radius 1 is 1.07 bits per heavy atom. The third kappa shape index (κ3) is 5.27. The fourth-order valence-corrected chi connectivity index (χ4v) is 5.71. The molecule has 3 heterocycles. The molecule has 3 aromatic carbocycles. The van der Waals surface area contributed by atoms with Crippen molar-refractivity contribution < 1.29 is 23.5 Å². The zero-order chi connectivity index (χ0) is 29.3. The number of nitrogens with zero attached hydrogens (tertiary/aromatic N) is 3. The molecule has 2 aliphatic rings. The second-order valence-corrected chi connectivity index (χ2v) is 11.0. The highest BCUT2D eigenvalue weighted by Crippen LogP contribution is 2.43. The summed E-state index contributed by atoms with van der Waals surface area (Å²) in [7, 11) is 1.66. The van der Waals surface area contributed by atoms with Crippen LogP contribution in [-0.4, -0.2) is 53.8 Å². The molecule has 2 amide bonds. The van der Waals surface area contributed by atoms with E-state index in [1.165, 1.54) is 4.57 Å². The van der Waals surface area contributed by atoms with Gasteiger partial charge in [-0.1, -0.05) is 60.7 Å². The molecule has 214 valence electrons. The predicted octanol–water partition coefficient (Wildman–Crippen LogP) is 3.63. The van der Waals surface area contributed by atoms with Crippen LogP contribution in [0.2, 0.25) is 0 Å². The minimum absolute atomic E-state index is 0.156. The number of rotatable bonds is 7. The normalized spacial score (nSPS) is 17.9. The molecule has 42 heavy (non-hydrogen) atoms. The van der Waals surface area contributed by atoms with Gasteiger partial charge in [-0.05, 0) is 34.4 Å². The van der Waals surface area contributed by atoms with Gasteiger partial charge < -0.3 is 24.1 Å². The number of aryl methyl sites for hydroxylation is 1. The molecule has 0 radical (unpaired) electrons. The van der Waals surface area contributed by atoms with Crippen LogP contribution in [0.1, 0.15) is 11.1 Å². The van der Waals surface area contributed by atoms with E-state index in [9.17, 15) is 19.6 Å². The van der Waals surface area contributed by atoms with Gasteiger partial charge in [0.1, 0.15) is 12.6 Å². The Morgan fingerprint density at radius 3 is 2.50 bits per heavy atom. The number of nitriles is 1. The third-order valence-corrected chi connectivity index (χ3v) is 8.20. The minimum Gasteiger partial charge on any atom is -0.445 e. The maximum absolute atomic E-state index is 13.4. The van der Waals surface area contributed by atoms with Crippen LogP contribution >= 0.6 is 0 Å². The molecule has 1 N–H and O–H groups in total. The van der Waals surface area contributed by atoms with Crippen molar-refractivity contribution in [3.8, 4) is 17.2 Å². The molecule has 2 atom stereocenters. The highest BCUT2D eigenvalue weighted by molar-refractivity contribution is 5.83. The summed E-state index contributed by atoms with van der Waals surface area (Å²) in [6.07, 6.45) is -0.136. The highest BCUT2D eigenvalue weighted by Gasteiger charge is 2.56. The van der Waals surface area contributed by atoms with Crippen molar-refractivity contribution in [1.82, 2.24) is 14.8 Å². The molecule has 2 aliphatic heterocycles. The van der Waals surface area contributed by atoms with Crippen molar-refractivity contribution in [3.63, 3.8) is 0 Å². The van der Waals surface area contributed by atoms with Crippen LogP contribution in [0.4, 0.5) is 4.79 Å². The van der Waals surface area contributed by atoms with E-state index in [0.717, 1.165) is 22.3 Å². The fraction of sp³-hybridized carbons (Fsp3) is 0.312. The van der Waals surface area contributed by atoms with E-state index in [1.807, 2.05) is 66.7 Å². The molecule has 2 saturated heterocycles. The number of amides is 2. The monoisotopic (exact) mass is 566 g/mol. The number of hydrogen-bond acceptors (Lipinski definition) is 7. The molecule has 10 nitrogen and oxygen atoms in total. The molecular formula is C32H30N4O6. The lowest BCUT2D eigenvalue weighted by molar-refractivity contribution is -0.151. The van der Waals surface area contributed by atoms with E-state index in [1.54, 1.807) is 18.0 Å². The first-order valence-corrected chi connectivity index (χ1v) is 13.8. The SMILES string of the molecule is Cn1c(=O)oc2ccc(-c3ccc(C[C@@H](C#N)NC(=O)C4CN(C(=O)OCc5ccccc5)CC45COC5)cc3)cc21. The first-order valence-electron chi connectivity index (χ1n) is 13.8. The van der Waals surface area contributed by atoms with Crippen LogP contribution in [0, 0.1) is 22.7 Å². The van der Waals surface area contributed by atoms with E-state index in [4.69, 9.17) is 13.9 Å². The first-order chi connectivity index (χ1) is 20.3. The number of likely N-dealkylation sites (tertiary alicyclic amines) is 1.